The normalized spacial score (nSPS) is 14.9. The van der Waals surface area contributed by atoms with Crippen molar-refractivity contribution in [1.29, 1.82) is 0 Å². The highest BCUT2D eigenvalue weighted by atomic mass is 32.1. The monoisotopic (exact) mass is 724 g/mol. The van der Waals surface area contributed by atoms with Gasteiger partial charge in [-0.15, -0.1) is 11.3 Å². The Morgan fingerprint density at radius 2 is 1.25 bits per heavy atom. The first-order chi connectivity index (χ1) is 27.1. The van der Waals surface area contributed by atoms with E-state index in [4.69, 9.17) is 0 Å². The van der Waals surface area contributed by atoms with Gasteiger partial charge < -0.3 is 9.47 Å². The van der Waals surface area contributed by atoms with Crippen LogP contribution < -0.4 is 4.90 Å². The Balaban J connectivity index is 0.964. The number of aromatic nitrogens is 1. The van der Waals surface area contributed by atoms with Crippen molar-refractivity contribution >= 4 is 64.6 Å². The summed E-state index contributed by atoms with van der Waals surface area (Å²) in [6, 6.07) is 57.8. The highest BCUT2D eigenvalue weighted by Gasteiger charge is 2.18. The van der Waals surface area contributed by atoms with Gasteiger partial charge in [-0.3, -0.25) is 0 Å². The van der Waals surface area contributed by atoms with Gasteiger partial charge in [0.15, 0.2) is 0 Å². The summed E-state index contributed by atoms with van der Waals surface area (Å²) in [4.78, 5) is 2.38. The van der Waals surface area contributed by atoms with Crippen molar-refractivity contribution in [2.24, 2.45) is 0 Å². The molecule has 0 aliphatic heterocycles. The number of aryl methyl sites for hydroxylation is 1. The number of nitrogens with zero attached hydrogens (tertiary/aromatic N) is 2. The summed E-state index contributed by atoms with van der Waals surface area (Å²) < 4.78 is 5.05. The predicted octanol–water partition coefficient (Wildman–Crippen LogP) is 14.4. The fraction of sp³-hybridized carbons (Fsp3) is 0.0769. The standard InChI is InChI=1S/C52H40N2S/c1-35-14-12-18-40(19-13-15-36-26-27-37(32-45(35)36)38-29-31-52-47(33-38)44-22-8-11-25-51(44)55-52)53(2)48-23-9-6-20-42(48)39-28-30-50-46(34-39)43-21-7-10-24-49(43)54(50)41-16-4-3-5-17-41/h3-12,14,16-18,20-34H,1,13,15,19H2,2H3/b14-12-,40-18+. The molecule has 0 saturated heterocycles. The molecule has 7 aromatic carbocycles. The molecule has 0 N–H and O–H groups in total. The van der Waals surface area contributed by atoms with Crippen molar-refractivity contribution in [2.75, 3.05) is 11.9 Å². The van der Waals surface area contributed by atoms with Crippen LogP contribution in [0, 0.1) is 0 Å². The molecule has 55 heavy (non-hydrogen) atoms. The van der Waals surface area contributed by atoms with E-state index < -0.39 is 0 Å². The quantitative estimate of drug-likeness (QED) is 0.172. The van der Waals surface area contributed by atoms with Gasteiger partial charge in [0.05, 0.1) is 11.0 Å². The molecule has 0 amide bonds. The zero-order valence-corrected chi connectivity index (χ0v) is 31.7. The summed E-state index contributed by atoms with van der Waals surface area (Å²) in [6.45, 7) is 4.57. The number of hydrogen-bond acceptors (Lipinski definition) is 2. The third-order valence-corrected chi connectivity index (χ3v) is 12.5. The van der Waals surface area contributed by atoms with Crippen LogP contribution in [0.4, 0.5) is 5.69 Å². The maximum atomic E-state index is 4.57. The molecule has 2 aromatic heterocycles. The minimum absolute atomic E-state index is 0.967. The number of fused-ring (bicyclic) bond motifs is 7. The van der Waals surface area contributed by atoms with E-state index in [1.54, 1.807) is 0 Å². The van der Waals surface area contributed by atoms with Crippen molar-refractivity contribution in [2.45, 2.75) is 19.3 Å². The molecule has 0 unspecified atom stereocenters. The number of anilines is 1. The molecule has 2 nitrogen and oxygen atoms in total. The van der Waals surface area contributed by atoms with E-state index >= 15 is 0 Å². The summed E-state index contributed by atoms with van der Waals surface area (Å²) >= 11 is 1.87. The van der Waals surface area contributed by atoms with Gasteiger partial charge >= 0.3 is 0 Å². The van der Waals surface area contributed by atoms with Crippen LogP contribution in [0.1, 0.15) is 24.0 Å². The lowest BCUT2D eigenvalue weighted by Crippen LogP contribution is -2.17. The van der Waals surface area contributed by atoms with Gasteiger partial charge in [0.1, 0.15) is 0 Å². The molecule has 0 radical (unpaired) electrons. The second kappa shape index (κ2) is 13.8. The molecule has 1 aliphatic rings. The third kappa shape index (κ3) is 5.89. The predicted molar refractivity (Wildman–Crippen MR) is 239 cm³/mol. The van der Waals surface area contributed by atoms with E-state index in [9.17, 15) is 0 Å². The topological polar surface area (TPSA) is 8.17 Å². The van der Waals surface area contributed by atoms with E-state index in [0.717, 1.165) is 24.8 Å². The molecule has 0 spiro atoms. The zero-order valence-electron chi connectivity index (χ0n) is 30.9. The Hall–Kier alpha value is -6.42. The van der Waals surface area contributed by atoms with E-state index in [2.05, 4.69) is 199 Å². The molecule has 3 heteroatoms. The van der Waals surface area contributed by atoms with Crippen LogP contribution >= 0.6 is 11.3 Å². The first kappa shape index (κ1) is 33.2. The zero-order chi connectivity index (χ0) is 36.9. The van der Waals surface area contributed by atoms with E-state index in [-0.39, 0.29) is 0 Å². The maximum absolute atomic E-state index is 4.57. The number of benzene rings is 7. The van der Waals surface area contributed by atoms with Gasteiger partial charge in [0, 0.05) is 60.6 Å². The Labute approximate surface area is 326 Å². The lowest BCUT2D eigenvalue weighted by atomic mass is 9.91. The van der Waals surface area contributed by atoms with Crippen molar-refractivity contribution in [3.63, 3.8) is 0 Å². The van der Waals surface area contributed by atoms with Crippen LogP contribution in [0.15, 0.2) is 188 Å². The lowest BCUT2D eigenvalue weighted by Gasteiger charge is -2.26. The van der Waals surface area contributed by atoms with Crippen LogP contribution in [0.3, 0.4) is 0 Å². The highest BCUT2D eigenvalue weighted by molar-refractivity contribution is 7.25. The van der Waals surface area contributed by atoms with Crippen LogP contribution in [0.25, 0.3) is 75.5 Å². The molecule has 0 fully saturated rings. The first-order valence-corrected chi connectivity index (χ1v) is 20.0. The minimum atomic E-state index is 0.967. The average molecular weight is 725 g/mol. The van der Waals surface area contributed by atoms with Gasteiger partial charge in [0.25, 0.3) is 0 Å². The minimum Gasteiger partial charge on any atom is -0.348 e. The van der Waals surface area contributed by atoms with Crippen molar-refractivity contribution < 1.29 is 0 Å². The average Bonchev–Trinajstić information content (AvgIpc) is 3.78. The third-order valence-electron chi connectivity index (χ3n) is 11.3. The number of allylic oxidation sites excluding steroid dienone is 5. The summed E-state index contributed by atoms with van der Waals surface area (Å²) in [7, 11) is 2.21. The first-order valence-electron chi connectivity index (χ1n) is 19.1. The molecular formula is C52H40N2S. The van der Waals surface area contributed by atoms with Crippen LogP contribution in [0.5, 0.6) is 0 Å². The van der Waals surface area contributed by atoms with Gasteiger partial charge in [0.2, 0.25) is 0 Å². The molecule has 264 valence electrons. The molecule has 0 atom stereocenters. The second-order valence-electron chi connectivity index (χ2n) is 14.6. The number of para-hydroxylation sites is 3. The lowest BCUT2D eigenvalue weighted by molar-refractivity contribution is 0.787. The maximum Gasteiger partial charge on any atom is 0.0541 e. The molecule has 9 aromatic rings. The van der Waals surface area contributed by atoms with Gasteiger partial charge in [-0.25, -0.2) is 0 Å². The van der Waals surface area contributed by atoms with Gasteiger partial charge in [-0.2, -0.15) is 0 Å². The highest BCUT2D eigenvalue weighted by Crippen LogP contribution is 2.40. The Bertz CT molecular complexity index is 2990. The molecule has 0 bridgehead atoms. The van der Waals surface area contributed by atoms with Crippen molar-refractivity contribution in [3.8, 4) is 27.9 Å². The summed E-state index contributed by atoms with van der Waals surface area (Å²) in [5.74, 6) is 0. The van der Waals surface area contributed by atoms with E-state index in [1.165, 1.54) is 92.4 Å². The van der Waals surface area contributed by atoms with Gasteiger partial charge in [-0.05, 0) is 119 Å². The fourth-order valence-electron chi connectivity index (χ4n) is 8.53. The molecule has 2 heterocycles. The molecule has 0 saturated carbocycles. The molecule has 1 aliphatic carbocycles. The SMILES string of the molecule is C=C1/C=C\C=C(\N(C)c2ccccc2-c2ccc3c(c2)c2ccccc2n3-c2ccccc2)CCCc2ccc(-c3ccc4sc5ccccc5c4c3)cc21. The van der Waals surface area contributed by atoms with E-state index in [0.29, 0.717) is 0 Å². The molecular weight excluding hydrogens is 685 g/mol. The number of hydrogen-bond donors (Lipinski definition) is 0. The fourth-order valence-corrected chi connectivity index (χ4v) is 9.61. The second-order valence-corrected chi connectivity index (χ2v) is 15.7. The Morgan fingerprint density at radius 3 is 2.16 bits per heavy atom. The largest absolute Gasteiger partial charge is 0.348 e. The van der Waals surface area contributed by atoms with Crippen molar-refractivity contribution in [3.05, 3.63) is 199 Å². The van der Waals surface area contributed by atoms with E-state index in [1.807, 2.05) is 11.3 Å². The van der Waals surface area contributed by atoms with Crippen molar-refractivity contribution in [1.82, 2.24) is 4.57 Å². The van der Waals surface area contributed by atoms with Crippen LogP contribution in [0.2, 0.25) is 0 Å². The smallest absolute Gasteiger partial charge is 0.0541 e. The van der Waals surface area contributed by atoms with Crippen LogP contribution in [-0.2, 0) is 6.42 Å². The number of thiophene rings is 1. The summed E-state index contributed by atoms with van der Waals surface area (Å²) in [6.07, 6.45) is 9.65. The van der Waals surface area contributed by atoms with Gasteiger partial charge in [-0.1, -0.05) is 116 Å². The van der Waals surface area contributed by atoms with Crippen LogP contribution in [-0.4, -0.2) is 11.6 Å². The molecule has 10 rings (SSSR count). The Kier molecular flexibility index (Phi) is 8.31. The Morgan fingerprint density at radius 1 is 0.564 bits per heavy atom. The number of rotatable bonds is 5. The summed E-state index contributed by atoms with van der Waals surface area (Å²) in [5.41, 5.74) is 14.7. The summed E-state index contributed by atoms with van der Waals surface area (Å²) in [5, 5.41) is 5.19.